The maximum Gasteiger partial charge on any atom is 1.00 e. The standard InChI is InChI=1S/C51H84N6O30S.2Na/c1-22(60)54-31-35(66)33(64)25(19-58)81-47(31)84-42-37(68)39(70)50(87-44(42)46(73)74)83-40-32(55-23(2)61)48(82-26(20-59)34(40)65)85-41-36(67)38(69)49(86-43(41)45(71)72)80-12-9-53-29(63)7-10-76-13-15-78-17-18-79-16-14-77-11-8-52-28(62)6-4-3-5-27-30-24(21-88-27)56-51(75)57-30;;/h24-27,30-44,47-50,58-59,64-70H,3-21H2,1-2H3,(H,52,62)(H,53,63)(H,54,60)(H,55,61)(H,71,72)(H,73,74)(H2,56,57,75);;/q;2*+1/p-2/t24-,25+,26+,27-,30-,31+,32+,33-,34-,35+,36+,37+,38+,39+,40+,41-,42-,43-,44-,47-,48-,49+,50+;;/m0../s1. The molecule has 6 heterocycles. The molecule has 6 aliphatic rings. The molecule has 0 unspecified atom stereocenters. The van der Waals surface area contributed by atoms with E-state index in [9.17, 15) is 89.7 Å². The molecule has 6 fully saturated rings. The van der Waals surface area contributed by atoms with Gasteiger partial charge < -0.3 is 155 Å². The Morgan fingerprint density at radius 1 is 0.544 bits per heavy atom. The van der Waals surface area contributed by atoms with Gasteiger partial charge in [0.05, 0.1) is 96.7 Å². The van der Waals surface area contributed by atoms with Gasteiger partial charge in [0.2, 0.25) is 23.6 Å². The van der Waals surface area contributed by atoms with Crippen molar-refractivity contribution < 1.29 is 206 Å². The van der Waals surface area contributed by atoms with Crippen molar-refractivity contribution in [2.24, 2.45) is 0 Å². The molecule has 23 atom stereocenters. The summed E-state index contributed by atoms with van der Waals surface area (Å²) in [5.41, 5.74) is 0. The van der Waals surface area contributed by atoms with E-state index in [0.717, 1.165) is 38.9 Å². The summed E-state index contributed by atoms with van der Waals surface area (Å²) in [6.07, 6.45) is -34.7. The Kier molecular flexibility index (Phi) is 35.8. The van der Waals surface area contributed by atoms with Crippen LogP contribution in [0.5, 0.6) is 0 Å². The van der Waals surface area contributed by atoms with Crippen LogP contribution in [0.3, 0.4) is 0 Å². The van der Waals surface area contributed by atoms with Gasteiger partial charge in [-0.15, -0.1) is 0 Å². The van der Waals surface area contributed by atoms with E-state index in [-0.39, 0.29) is 123 Å². The van der Waals surface area contributed by atoms with Gasteiger partial charge in [0, 0.05) is 50.8 Å². The third kappa shape index (κ3) is 23.2. The van der Waals surface area contributed by atoms with Gasteiger partial charge in [0.15, 0.2) is 25.2 Å². The largest absolute Gasteiger partial charge is 1.00 e. The molecule has 15 N–H and O–H groups in total. The van der Waals surface area contributed by atoms with Gasteiger partial charge in [-0.3, -0.25) is 19.2 Å². The van der Waals surface area contributed by atoms with Gasteiger partial charge in [-0.1, -0.05) is 6.42 Å². The fourth-order valence-corrected chi connectivity index (χ4v) is 11.9. The van der Waals surface area contributed by atoms with Crippen molar-refractivity contribution in [3.05, 3.63) is 0 Å². The first-order valence-corrected chi connectivity index (χ1v) is 29.8. The number of rotatable bonds is 36. The molecular weight excluding hydrogens is 1250 g/mol. The summed E-state index contributed by atoms with van der Waals surface area (Å²) in [6.45, 7) is 1.67. The molecule has 90 heavy (non-hydrogen) atoms. The van der Waals surface area contributed by atoms with Gasteiger partial charge in [-0.05, 0) is 12.8 Å². The summed E-state index contributed by atoms with van der Waals surface area (Å²) >= 11 is 1.85. The van der Waals surface area contributed by atoms with E-state index in [4.69, 9.17) is 56.8 Å². The summed E-state index contributed by atoms with van der Waals surface area (Å²) in [6, 6.07) is -3.32. The first-order chi connectivity index (χ1) is 42.0. The predicted octanol–water partition coefficient (Wildman–Crippen LogP) is -17.5. The average Bonchev–Trinajstić information content (AvgIpc) is 1.33. The van der Waals surface area contributed by atoms with Crippen molar-refractivity contribution in [3.63, 3.8) is 0 Å². The van der Waals surface area contributed by atoms with E-state index in [1.54, 1.807) is 0 Å². The number of carboxylic acids is 2. The molecule has 0 aromatic rings. The number of carbonyl (C=O) groups is 7. The minimum Gasteiger partial charge on any atom is -0.547 e. The zero-order valence-corrected chi connectivity index (χ0v) is 55.0. The molecule has 6 rings (SSSR count). The molecule has 6 saturated heterocycles. The molecule has 0 aromatic carbocycles. The summed E-state index contributed by atoms with van der Waals surface area (Å²) in [4.78, 5) is 85.7. The van der Waals surface area contributed by atoms with Crippen LogP contribution in [-0.2, 0) is 85.6 Å². The van der Waals surface area contributed by atoms with Crippen LogP contribution >= 0.6 is 11.8 Å². The Morgan fingerprint density at radius 2 is 1.02 bits per heavy atom. The number of aliphatic hydroxyl groups excluding tert-OH is 9. The van der Waals surface area contributed by atoms with Gasteiger partial charge in [-0.25, -0.2) is 4.79 Å². The number of ether oxygens (including phenoxy) is 12. The van der Waals surface area contributed by atoms with Crippen molar-refractivity contribution in [2.75, 3.05) is 91.5 Å². The number of carboxylic acid groups (broad SMARTS) is 2. The van der Waals surface area contributed by atoms with Crippen molar-refractivity contribution in [1.82, 2.24) is 31.9 Å². The predicted molar refractivity (Wildman–Crippen MR) is 285 cm³/mol. The van der Waals surface area contributed by atoms with Crippen molar-refractivity contribution in [2.45, 2.75) is 186 Å². The molecule has 39 heteroatoms. The van der Waals surface area contributed by atoms with Gasteiger partial charge in [0.25, 0.3) is 0 Å². The maximum atomic E-state index is 12.6. The monoisotopic (exact) mass is 1340 g/mol. The number of nitrogens with one attached hydrogen (secondary N) is 6. The third-order valence-corrected chi connectivity index (χ3v) is 16.4. The van der Waals surface area contributed by atoms with Gasteiger partial charge >= 0.3 is 65.1 Å². The molecule has 0 bridgehead atoms. The van der Waals surface area contributed by atoms with Gasteiger partial charge in [-0.2, -0.15) is 11.8 Å². The van der Waals surface area contributed by atoms with E-state index in [0.29, 0.717) is 44.6 Å². The molecule has 6 aliphatic heterocycles. The Labute approximate surface area is 564 Å². The number of amides is 6. The zero-order valence-electron chi connectivity index (χ0n) is 50.2. The number of carbonyl (C=O) groups excluding carboxylic acids is 7. The van der Waals surface area contributed by atoms with Crippen LogP contribution in [0.25, 0.3) is 0 Å². The van der Waals surface area contributed by atoms with E-state index in [2.05, 4.69) is 31.9 Å². The fraction of sp³-hybridized carbons (Fsp3) is 0.863. The fourth-order valence-electron chi connectivity index (χ4n) is 10.4. The number of unbranched alkanes of at least 4 members (excludes halogenated alkanes) is 1. The van der Waals surface area contributed by atoms with Crippen LogP contribution in [0.15, 0.2) is 0 Å². The summed E-state index contributed by atoms with van der Waals surface area (Å²) < 4.78 is 66.4. The minimum absolute atomic E-state index is 0. The van der Waals surface area contributed by atoms with Crippen LogP contribution in [0, 0.1) is 0 Å². The van der Waals surface area contributed by atoms with Crippen LogP contribution in [0.1, 0.15) is 46.0 Å². The number of hydrogen-bond acceptors (Lipinski definition) is 31. The first-order valence-electron chi connectivity index (χ1n) is 28.7. The van der Waals surface area contributed by atoms with Crippen LogP contribution in [0.4, 0.5) is 4.79 Å². The molecule has 0 radical (unpaired) electrons. The van der Waals surface area contributed by atoms with E-state index in [1.165, 1.54) is 0 Å². The Morgan fingerprint density at radius 3 is 1.58 bits per heavy atom. The molecule has 36 nitrogen and oxygen atoms in total. The van der Waals surface area contributed by atoms with Crippen molar-refractivity contribution in [1.29, 1.82) is 0 Å². The average molecular weight is 1340 g/mol. The summed E-state index contributed by atoms with van der Waals surface area (Å²) in [7, 11) is 0. The number of hydrogen-bond donors (Lipinski definition) is 15. The van der Waals surface area contributed by atoms with E-state index < -0.39 is 172 Å². The number of aliphatic hydroxyl groups is 9. The normalized spacial score (nSPS) is 35.5. The number of aliphatic carboxylic acids is 2. The topological polar surface area (TPSA) is 531 Å². The SMILES string of the molecule is CC(=O)N[C@H]1[C@H](O[C@H]2[C@H](O)[C@@H](O)[C@H](O[C@H]3[C@@H](O)[C@@H](CO)O[C@@H](O[C@H]4[C@H](O)[C@@H](O)[C@H](OCCNC(=O)CCOCCOCCOCCOCCNC(=O)CCCC[C@@H]5SC[C@@H]6NC(=O)N[C@@H]65)O[C@@H]4C(=O)[O-])[C@@H]3NC(C)=O)O[C@@H]2C(=O)[O-])O[C@H](CO)[C@H](O)[C@@H]1O.[Na+].[Na+]. The Balaban J connectivity index is 0.00000865. The molecule has 0 spiro atoms. The van der Waals surface area contributed by atoms with E-state index in [1.807, 2.05) is 11.8 Å². The maximum absolute atomic E-state index is 12.6. The van der Waals surface area contributed by atoms with Crippen LogP contribution < -0.4 is 101 Å². The third-order valence-electron chi connectivity index (χ3n) is 14.8. The van der Waals surface area contributed by atoms with Crippen molar-refractivity contribution in [3.8, 4) is 0 Å². The van der Waals surface area contributed by atoms with Gasteiger partial charge in [0.1, 0.15) is 97.5 Å². The molecule has 0 aromatic heterocycles. The number of fused-ring (bicyclic) bond motifs is 1. The molecule has 6 amide bonds. The quantitative estimate of drug-likeness (QED) is 0.0157. The summed E-state index contributed by atoms with van der Waals surface area (Å²) in [5, 5.41) is 138. The zero-order chi connectivity index (χ0) is 64.2. The van der Waals surface area contributed by atoms with Crippen molar-refractivity contribution >= 4 is 53.4 Å². The molecule has 0 saturated carbocycles. The molecule has 0 aliphatic carbocycles. The Bertz CT molecular complexity index is 2250. The second-order valence-electron chi connectivity index (χ2n) is 21.3. The van der Waals surface area contributed by atoms with Crippen LogP contribution in [-0.4, -0.2) is 319 Å². The number of thioether (sulfide) groups is 1. The number of urea groups is 1. The molecular formula is C51H82N6Na2O30S. The smallest absolute Gasteiger partial charge is 0.547 e. The first kappa shape index (κ1) is 80.0. The van der Waals surface area contributed by atoms with E-state index >= 15 is 0 Å². The minimum atomic E-state index is -2.44. The van der Waals surface area contributed by atoms with Crippen LogP contribution in [0.2, 0.25) is 0 Å². The second kappa shape index (κ2) is 40.2. The Hall–Kier alpha value is -2.40. The second-order valence-corrected chi connectivity index (χ2v) is 22.5. The molecule has 504 valence electrons. The summed E-state index contributed by atoms with van der Waals surface area (Å²) in [5.74, 6) is -5.51.